The molecule has 2 N–H and O–H groups in total. The van der Waals surface area contributed by atoms with Gasteiger partial charge < -0.3 is 5.32 Å². The lowest BCUT2D eigenvalue weighted by atomic mass is 10.1. The van der Waals surface area contributed by atoms with E-state index in [0.717, 1.165) is 16.8 Å². The van der Waals surface area contributed by atoms with Gasteiger partial charge in [-0.15, -0.1) is 0 Å². The molecule has 1 amide bonds. The van der Waals surface area contributed by atoms with Gasteiger partial charge in [-0.05, 0) is 49.6 Å². The summed E-state index contributed by atoms with van der Waals surface area (Å²) >= 11 is 0. The van der Waals surface area contributed by atoms with Gasteiger partial charge in [-0.2, -0.15) is 5.10 Å². The molecule has 0 spiro atoms. The maximum Gasteiger partial charge on any atom is 0.269 e. The van der Waals surface area contributed by atoms with Crippen LogP contribution in [0.1, 0.15) is 22.3 Å². The van der Waals surface area contributed by atoms with Gasteiger partial charge in [0.2, 0.25) is 0 Å². The molecule has 0 aliphatic rings. The fourth-order valence-corrected chi connectivity index (χ4v) is 2.53. The summed E-state index contributed by atoms with van der Waals surface area (Å²) in [5, 5.41) is 17.5. The molecule has 130 valence electrons. The molecular weight excluding hydrogens is 320 g/mol. The number of anilines is 1. The molecule has 7 heteroatoms. The molecule has 2 rings (SSSR count). The van der Waals surface area contributed by atoms with Crippen molar-refractivity contribution in [2.75, 3.05) is 11.9 Å². The van der Waals surface area contributed by atoms with Gasteiger partial charge in [0.15, 0.2) is 0 Å². The normalized spacial score (nSPS) is 10.7. The van der Waals surface area contributed by atoms with E-state index in [-0.39, 0.29) is 18.1 Å². The Morgan fingerprint density at radius 1 is 1.16 bits per heavy atom. The molecule has 2 aromatic carbocycles. The van der Waals surface area contributed by atoms with Gasteiger partial charge in [0.05, 0.1) is 17.7 Å². The quantitative estimate of drug-likeness (QED) is 0.480. The van der Waals surface area contributed by atoms with Crippen molar-refractivity contribution < 1.29 is 9.72 Å². The molecule has 0 aliphatic carbocycles. The Balaban J connectivity index is 1.87. The van der Waals surface area contributed by atoms with Crippen LogP contribution in [-0.4, -0.2) is 23.6 Å². The summed E-state index contributed by atoms with van der Waals surface area (Å²) in [5.74, 6) is -0.280. The molecule has 0 saturated heterocycles. The highest BCUT2D eigenvalue weighted by atomic mass is 16.6. The molecule has 0 unspecified atom stereocenters. The third-order valence-electron chi connectivity index (χ3n) is 3.61. The first kappa shape index (κ1) is 18.1. The third-order valence-corrected chi connectivity index (χ3v) is 3.61. The van der Waals surface area contributed by atoms with Crippen LogP contribution in [0, 0.1) is 30.9 Å². The van der Waals surface area contributed by atoms with E-state index in [2.05, 4.69) is 28.0 Å². The van der Waals surface area contributed by atoms with Crippen molar-refractivity contribution in [3.8, 4) is 0 Å². The lowest BCUT2D eigenvalue weighted by Crippen LogP contribution is -2.26. The number of hydrazone groups is 1. The van der Waals surface area contributed by atoms with E-state index in [1.165, 1.54) is 23.9 Å². The highest BCUT2D eigenvalue weighted by Gasteiger charge is 2.06. The van der Waals surface area contributed by atoms with Crippen LogP contribution in [0.4, 0.5) is 11.4 Å². The Bertz CT molecular complexity index is 791. The zero-order chi connectivity index (χ0) is 18.4. The van der Waals surface area contributed by atoms with Crippen molar-refractivity contribution in [1.29, 1.82) is 0 Å². The highest BCUT2D eigenvalue weighted by Crippen LogP contribution is 2.21. The second kappa shape index (κ2) is 8.05. The number of carbonyl (C=O) groups excluding carboxylic acids is 1. The van der Waals surface area contributed by atoms with E-state index in [1.54, 1.807) is 12.1 Å². The average Bonchev–Trinajstić information content (AvgIpc) is 2.54. The smallest absolute Gasteiger partial charge is 0.269 e. The van der Waals surface area contributed by atoms with Gasteiger partial charge in [-0.3, -0.25) is 14.9 Å². The average molecular weight is 340 g/mol. The van der Waals surface area contributed by atoms with Crippen LogP contribution in [-0.2, 0) is 4.79 Å². The number of hydrogen-bond donors (Lipinski definition) is 2. The second-order valence-corrected chi connectivity index (χ2v) is 5.77. The summed E-state index contributed by atoms with van der Waals surface area (Å²) in [7, 11) is 0. The number of nitro groups is 1. The number of nitro benzene ring substituents is 1. The molecule has 0 bridgehead atoms. The number of non-ortho nitro benzene ring substituents is 1. The molecule has 7 nitrogen and oxygen atoms in total. The largest absolute Gasteiger partial charge is 0.376 e. The number of hydrogen-bond acceptors (Lipinski definition) is 5. The van der Waals surface area contributed by atoms with Crippen molar-refractivity contribution in [1.82, 2.24) is 5.43 Å². The number of amides is 1. The second-order valence-electron chi connectivity index (χ2n) is 5.77. The van der Waals surface area contributed by atoms with Gasteiger partial charge >= 0.3 is 0 Å². The molecule has 2 aromatic rings. The van der Waals surface area contributed by atoms with E-state index >= 15 is 0 Å². The Morgan fingerprint density at radius 3 is 2.32 bits per heavy atom. The van der Waals surface area contributed by atoms with Crippen LogP contribution < -0.4 is 10.7 Å². The van der Waals surface area contributed by atoms with Gasteiger partial charge in [-0.1, -0.05) is 17.7 Å². The van der Waals surface area contributed by atoms with Crippen LogP contribution in [0.15, 0.2) is 41.5 Å². The minimum Gasteiger partial charge on any atom is -0.376 e. The Kier molecular flexibility index (Phi) is 5.84. The van der Waals surface area contributed by atoms with Gasteiger partial charge in [0.1, 0.15) is 0 Å². The molecule has 0 saturated carbocycles. The Hall–Kier alpha value is -3.22. The van der Waals surface area contributed by atoms with E-state index in [1.807, 2.05) is 20.8 Å². The number of nitrogens with one attached hydrogen (secondary N) is 2. The third kappa shape index (κ3) is 5.13. The summed E-state index contributed by atoms with van der Waals surface area (Å²) < 4.78 is 0. The maximum atomic E-state index is 11.9. The molecule has 0 aliphatic heterocycles. The van der Waals surface area contributed by atoms with Crippen LogP contribution in [0.5, 0.6) is 0 Å². The van der Waals surface area contributed by atoms with Gasteiger partial charge in [-0.25, -0.2) is 5.43 Å². The van der Waals surface area contributed by atoms with Gasteiger partial charge in [0, 0.05) is 17.8 Å². The van der Waals surface area contributed by atoms with Crippen LogP contribution >= 0.6 is 0 Å². The first-order valence-electron chi connectivity index (χ1n) is 7.75. The highest BCUT2D eigenvalue weighted by molar-refractivity contribution is 5.84. The van der Waals surface area contributed by atoms with Crippen molar-refractivity contribution >= 4 is 23.5 Å². The predicted molar refractivity (Wildman–Crippen MR) is 98.0 cm³/mol. The van der Waals surface area contributed by atoms with E-state index < -0.39 is 4.92 Å². The van der Waals surface area contributed by atoms with Gasteiger partial charge in [0.25, 0.3) is 11.6 Å². The molecule has 0 radical (unpaired) electrons. The Morgan fingerprint density at radius 2 is 1.76 bits per heavy atom. The molecule has 0 heterocycles. The number of nitrogens with zero attached hydrogens (tertiary/aromatic N) is 2. The minimum absolute atomic E-state index is 0.00854. The van der Waals surface area contributed by atoms with Crippen molar-refractivity contribution in [3.05, 3.63) is 68.8 Å². The summed E-state index contributed by atoms with van der Waals surface area (Å²) in [6, 6.07) is 10.00. The number of carbonyl (C=O) groups is 1. The summed E-state index contributed by atoms with van der Waals surface area (Å²) in [5.41, 5.74) is 7.38. The van der Waals surface area contributed by atoms with E-state index in [0.29, 0.717) is 5.56 Å². The topological polar surface area (TPSA) is 96.6 Å². The van der Waals surface area contributed by atoms with E-state index in [9.17, 15) is 14.9 Å². The summed E-state index contributed by atoms with van der Waals surface area (Å²) in [6.07, 6.45) is 1.43. The van der Waals surface area contributed by atoms with Crippen LogP contribution in [0.3, 0.4) is 0 Å². The van der Waals surface area contributed by atoms with Crippen molar-refractivity contribution in [3.63, 3.8) is 0 Å². The SMILES string of the molecule is Cc1cc(C)c(NCC(=O)N/N=C\c2ccc([N+](=O)[O-])cc2)c(C)c1. The van der Waals surface area contributed by atoms with Crippen molar-refractivity contribution in [2.24, 2.45) is 5.10 Å². The zero-order valence-corrected chi connectivity index (χ0v) is 14.4. The lowest BCUT2D eigenvalue weighted by Gasteiger charge is -2.13. The molecule has 0 atom stereocenters. The summed E-state index contributed by atoms with van der Waals surface area (Å²) in [4.78, 5) is 22.0. The lowest BCUT2D eigenvalue weighted by molar-refractivity contribution is -0.384. The molecule has 0 fully saturated rings. The van der Waals surface area contributed by atoms with Crippen molar-refractivity contribution in [2.45, 2.75) is 20.8 Å². The predicted octanol–water partition coefficient (Wildman–Crippen LogP) is 3.08. The molecule has 25 heavy (non-hydrogen) atoms. The number of rotatable bonds is 6. The standard InChI is InChI=1S/C18H20N4O3/c1-12-8-13(2)18(14(3)9-12)19-11-17(23)21-20-10-15-4-6-16(7-5-15)22(24)25/h4-10,19H,11H2,1-3H3,(H,21,23)/b20-10-. The first-order chi connectivity index (χ1) is 11.9. The summed E-state index contributed by atoms with van der Waals surface area (Å²) in [6.45, 7) is 6.12. The number of aryl methyl sites for hydroxylation is 3. The van der Waals surface area contributed by atoms with E-state index in [4.69, 9.17) is 0 Å². The fraction of sp³-hybridized carbons (Fsp3) is 0.222. The maximum absolute atomic E-state index is 11.9. The molecular formula is C18H20N4O3. The number of benzene rings is 2. The first-order valence-corrected chi connectivity index (χ1v) is 7.75. The van der Waals surface area contributed by atoms with Crippen LogP contribution in [0.25, 0.3) is 0 Å². The minimum atomic E-state index is -0.469. The molecule has 0 aromatic heterocycles. The zero-order valence-electron chi connectivity index (χ0n) is 14.4. The Labute approximate surface area is 145 Å². The fourth-order valence-electron chi connectivity index (χ4n) is 2.53. The van der Waals surface area contributed by atoms with Crippen LogP contribution in [0.2, 0.25) is 0 Å². The monoisotopic (exact) mass is 340 g/mol.